The van der Waals surface area contributed by atoms with Crippen molar-refractivity contribution in [3.05, 3.63) is 22.4 Å². The van der Waals surface area contributed by atoms with E-state index in [4.69, 9.17) is 5.73 Å². The van der Waals surface area contributed by atoms with E-state index >= 15 is 0 Å². The van der Waals surface area contributed by atoms with Crippen LogP contribution in [0.3, 0.4) is 0 Å². The molecule has 1 saturated carbocycles. The predicted molar refractivity (Wildman–Crippen MR) is 70.8 cm³/mol. The molecule has 0 aliphatic heterocycles. The maximum Gasteiger partial charge on any atom is 0.242 e. The van der Waals surface area contributed by atoms with Crippen molar-refractivity contribution in [1.29, 1.82) is 0 Å². The highest BCUT2D eigenvalue weighted by atomic mass is 32.1. The molecule has 2 rings (SSSR count). The second kappa shape index (κ2) is 5.65. The number of amides is 1. The average Bonchev–Trinajstić information content (AvgIpc) is 2.97. The molecule has 2 atom stereocenters. The summed E-state index contributed by atoms with van der Waals surface area (Å²) in [5.74, 6) is 0.790. The van der Waals surface area contributed by atoms with Crippen molar-refractivity contribution in [3.8, 4) is 0 Å². The van der Waals surface area contributed by atoms with Crippen LogP contribution in [0, 0.1) is 5.92 Å². The lowest BCUT2D eigenvalue weighted by Gasteiger charge is -2.19. The lowest BCUT2D eigenvalue weighted by Crippen LogP contribution is -2.40. The Bertz CT molecular complexity index is 360. The molecule has 1 heterocycles. The molecule has 94 valence electrons. The van der Waals surface area contributed by atoms with Crippen LogP contribution < -0.4 is 11.1 Å². The summed E-state index contributed by atoms with van der Waals surface area (Å²) in [6.45, 7) is 2.12. The molecule has 3 N–H and O–H groups in total. The summed E-state index contributed by atoms with van der Waals surface area (Å²) in [6, 6.07) is 3.62. The van der Waals surface area contributed by atoms with Crippen LogP contribution in [0.15, 0.2) is 17.5 Å². The van der Waals surface area contributed by atoms with Gasteiger partial charge in [0.05, 0.1) is 0 Å². The van der Waals surface area contributed by atoms with Gasteiger partial charge in [-0.2, -0.15) is 0 Å². The Balaban J connectivity index is 1.85. The molecule has 0 bridgehead atoms. The van der Waals surface area contributed by atoms with Gasteiger partial charge in [-0.05, 0) is 30.2 Å². The van der Waals surface area contributed by atoms with E-state index in [2.05, 4.69) is 12.2 Å². The monoisotopic (exact) mass is 252 g/mol. The fraction of sp³-hybridized carbons (Fsp3) is 0.615. The van der Waals surface area contributed by atoms with E-state index in [-0.39, 0.29) is 5.91 Å². The van der Waals surface area contributed by atoms with Crippen LogP contribution in [0.4, 0.5) is 0 Å². The Morgan fingerprint density at radius 1 is 1.65 bits per heavy atom. The molecular weight excluding hydrogens is 232 g/mol. The zero-order valence-electron chi connectivity index (χ0n) is 10.2. The number of hydrogen-bond donors (Lipinski definition) is 2. The van der Waals surface area contributed by atoms with E-state index in [0.29, 0.717) is 6.04 Å². The zero-order chi connectivity index (χ0) is 12.3. The SMILES string of the molecule is CCC(CC1CC1)NC(=O)C(N)c1cccs1. The van der Waals surface area contributed by atoms with Gasteiger partial charge in [-0.3, -0.25) is 4.79 Å². The van der Waals surface area contributed by atoms with Gasteiger partial charge in [-0.15, -0.1) is 11.3 Å². The van der Waals surface area contributed by atoms with Crippen molar-refractivity contribution in [2.45, 2.75) is 44.7 Å². The van der Waals surface area contributed by atoms with Crippen molar-refractivity contribution >= 4 is 17.2 Å². The van der Waals surface area contributed by atoms with Gasteiger partial charge in [0.25, 0.3) is 0 Å². The molecule has 0 radical (unpaired) electrons. The van der Waals surface area contributed by atoms with Gasteiger partial charge in [-0.1, -0.05) is 25.8 Å². The standard InChI is InChI=1S/C13H20N2OS/c1-2-10(8-9-5-6-9)15-13(16)12(14)11-4-3-7-17-11/h3-4,7,9-10,12H,2,5-6,8,14H2,1H3,(H,15,16). The van der Waals surface area contributed by atoms with Gasteiger partial charge >= 0.3 is 0 Å². The van der Waals surface area contributed by atoms with Crippen molar-refractivity contribution in [2.24, 2.45) is 11.7 Å². The molecule has 1 aliphatic rings. The Hall–Kier alpha value is -0.870. The lowest BCUT2D eigenvalue weighted by molar-refractivity contribution is -0.123. The molecule has 1 aliphatic carbocycles. The third kappa shape index (κ3) is 3.54. The van der Waals surface area contributed by atoms with Gasteiger partial charge in [0.1, 0.15) is 6.04 Å². The van der Waals surface area contributed by atoms with Crippen LogP contribution in [-0.4, -0.2) is 11.9 Å². The van der Waals surface area contributed by atoms with Gasteiger partial charge < -0.3 is 11.1 Å². The summed E-state index contributed by atoms with van der Waals surface area (Å²) in [7, 11) is 0. The van der Waals surface area contributed by atoms with Crippen LogP contribution in [-0.2, 0) is 4.79 Å². The van der Waals surface area contributed by atoms with Gasteiger partial charge in [0.15, 0.2) is 0 Å². The minimum Gasteiger partial charge on any atom is -0.352 e. The third-order valence-corrected chi connectivity index (χ3v) is 4.24. The lowest BCUT2D eigenvalue weighted by atomic mass is 10.1. The van der Waals surface area contributed by atoms with E-state index in [1.165, 1.54) is 24.2 Å². The molecule has 0 spiro atoms. The van der Waals surface area contributed by atoms with E-state index in [9.17, 15) is 4.79 Å². The Kier molecular flexibility index (Phi) is 4.18. The highest BCUT2D eigenvalue weighted by Gasteiger charge is 2.26. The largest absolute Gasteiger partial charge is 0.352 e. The highest BCUT2D eigenvalue weighted by molar-refractivity contribution is 7.10. The summed E-state index contributed by atoms with van der Waals surface area (Å²) in [5, 5.41) is 5.02. The van der Waals surface area contributed by atoms with E-state index in [1.54, 1.807) is 0 Å². The minimum atomic E-state index is -0.511. The van der Waals surface area contributed by atoms with Crippen LogP contribution >= 0.6 is 11.3 Å². The van der Waals surface area contributed by atoms with E-state index in [1.807, 2.05) is 17.5 Å². The second-order valence-electron chi connectivity index (χ2n) is 4.79. The topological polar surface area (TPSA) is 55.1 Å². The zero-order valence-corrected chi connectivity index (χ0v) is 11.0. The number of carbonyl (C=O) groups excluding carboxylic acids is 1. The van der Waals surface area contributed by atoms with Crippen molar-refractivity contribution in [3.63, 3.8) is 0 Å². The number of hydrogen-bond acceptors (Lipinski definition) is 3. The number of carbonyl (C=O) groups is 1. The first-order chi connectivity index (χ1) is 8.20. The molecule has 1 amide bonds. The predicted octanol–water partition coefficient (Wildman–Crippen LogP) is 2.44. The molecular formula is C13H20N2OS. The Morgan fingerprint density at radius 3 is 2.94 bits per heavy atom. The molecule has 3 nitrogen and oxygen atoms in total. The average molecular weight is 252 g/mol. The smallest absolute Gasteiger partial charge is 0.242 e. The Labute approximate surface area is 106 Å². The summed E-state index contributed by atoms with van der Waals surface area (Å²) in [5.41, 5.74) is 5.93. The number of rotatable bonds is 6. The molecule has 17 heavy (non-hydrogen) atoms. The molecule has 2 unspecified atom stereocenters. The number of nitrogens with one attached hydrogen (secondary N) is 1. The fourth-order valence-electron chi connectivity index (χ4n) is 1.97. The molecule has 0 saturated heterocycles. The third-order valence-electron chi connectivity index (χ3n) is 3.29. The van der Waals surface area contributed by atoms with Crippen molar-refractivity contribution < 1.29 is 4.79 Å². The van der Waals surface area contributed by atoms with Gasteiger partial charge in [0, 0.05) is 10.9 Å². The van der Waals surface area contributed by atoms with Gasteiger partial charge in [0.2, 0.25) is 5.91 Å². The molecule has 1 aromatic heterocycles. The molecule has 1 aromatic rings. The van der Waals surface area contributed by atoms with Crippen LogP contribution in [0.5, 0.6) is 0 Å². The Morgan fingerprint density at radius 2 is 2.41 bits per heavy atom. The van der Waals surface area contributed by atoms with Crippen molar-refractivity contribution in [1.82, 2.24) is 5.32 Å². The van der Waals surface area contributed by atoms with Crippen LogP contribution in [0.1, 0.15) is 43.5 Å². The number of thiophene rings is 1. The van der Waals surface area contributed by atoms with Crippen LogP contribution in [0.2, 0.25) is 0 Å². The first kappa shape index (κ1) is 12.6. The second-order valence-corrected chi connectivity index (χ2v) is 5.77. The van der Waals surface area contributed by atoms with Crippen LogP contribution in [0.25, 0.3) is 0 Å². The molecule has 0 aromatic carbocycles. The van der Waals surface area contributed by atoms with E-state index < -0.39 is 6.04 Å². The quantitative estimate of drug-likeness (QED) is 0.817. The van der Waals surface area contributed by atoms with Crippen molar-refractivity contribution in [2.75, 3.05) is 0 Å². The first-order valence-electron chi connectivity index (χ1n) is 6.30. The summed E-state index contributed by atoms with van der Waals surface area (Å²) >= 11 is 1.53. The summed E-state index contributed by atoms with van der Waals surface area (Å²) < 4.78 is 0. The first-order valence-corrected chi connectivity index (χ1v) is 7.18. The maximum absolute atomic E-state index is 12.0. The van der Waals surface area contributed by atoms with E-state index in [0.717, 1.165) is 23.6 Å². The molecule has 1 fully saturated rings. The fourth-order valence-corrected chi connectivity index (χ4v) is 2.70. The highest BCUT2D eigenvalue weighted by Crippen LogP contribution is 2.34. The van der Waals surface area contributed by atoms with Gasteiger partial charge in [-0.25, -0.2) is 0 Å². The summed E-state index contributed by atoms with van der Waals surface area (Å²) in [4.78, 5) is 12.9. The minimum absolute atomic E-state index is 0.0417. The summed E-state index contributed by atoms with van der Waals surface area (Å²) in [6.07, 6.45) is 4.74. The molecule has 4 heteroatoms. The number of nitrogens with two attached hydrogens (primary N) is 1. The maximum atomic E-state index is 12.0. The normalized spacial score (nSPS) is 18.7.